The molecule has 0 saturated heterocycles. The Morgan fingerprint density at radius 3 is 1.77 bits per heavy atom. The van der Waals surface area contributed by atoms with Crippen LogP contribution in [0.3, 0.4) is 0 Å². The first-order valence-electron chi connectivity index (χ1n) is 12.1. The summed E-state index contributed by atoms with van der Waals surface area (Å²) in [6.07, 6.45) is 0. The fourth-order valence-corrected chi connectivity index (χ4v) is 3.38. The average Bonchev–Trinajstić information content (AvgIpc) is 2.91. The van der Waals surface area contributed by atoms with Gasteiger partial charge in [-0.2, -0.15) is 0 Å². The van der Waals surface area contributed by atoms with E-state index in [-0.39, 0.29) is 46.3 Å². The van der Waals surface area contributed by atoms with E-state index in [2.05, 4.69) is 19.7 Å². The third kappa shape index (κ3) is 7.11. The second-order valence-electron chi connectivity index (χ2n) is 9.05. The lowest BCUT2D eigenvalue weighted by molar-refractivity contribution is -0.131. The minimum absolute atomic E-state index is 0.00752. The van der Waals surface area contributed by atoms with Crippen LogP contribution in [0, 0.1) is 5.82 Å². The number of methoxy groups -OCH3 is 1. The zero-order valence-electron chi connectivity index (χ0n) is 22.8. The van der Waals surface area contributed by atoms with Gasteiger partial charge in [0, 0.05) is 16.7 Å². The summed E-state index contributed by atoms with van der Waals surface area (Å²) in [4.78, 5) is 36.1. The van der Waals surface area contributed by atoms with Crippen molar-refractivity contribution in [3.8, 4) is 45.3 Å². The molecule has 0 bridgehead atoms. The predicted octanol–water partition coefficient (Wildman–Crippen LogP) is 6.66. The highest BCUT2D eigenvalue weighted by Gasteiger charge is 2.17. The van der Waals surface area contributed by atoms with Crippen molar-refractivity contribution in [2.24, 2.45) is 0 Å². The smallest absolute Gasteiger partial charge is 0.338 e. The van der Waals surface area contributed by atoms with Gasteiger partial charge in [0.1, 0.15) is 5.82 Å². The van der Waals surface area contributed by atoms with Gasteiger partial charge in [0.25, 0.3) is 0 Å². The molecule has 0 amide bonds. The molecule has 0 aliphatic rings. The Hall–Kier alpha value is -4.98. The predicted molar refractivity (Wildman–Crippen MR) is 150 cm³/mol. The fourth-order valence-electron chi connectivity index (χ4n) is 3.38. The normalized spacial score (nSPS) is 10.3. The number of rotatable bonds is 11. The molecule has 0 aliphatic heterocycles. The maximum Gasteiger partial charge on any atom is 0.338 e. The fraction of sp³-hybridized carbons (Fsp3) is 0.156. The first-order chi connectivity index (χ1) is 18.9. The van der Waals surface area contributed by atoms with E-state index in [9.17, 15) is 14.4 Å². The molecule has 0 atom stereocenters. The summed E-state index contributed by atoms with van der Waals surface area (Å²) in [6, 6.07) is 14.0. The molecule has 206 valence electrons. The van der Waals surface area contributed by atoms with Crippen molar-refractivity contribution in [1.29, 1.82) is 0 Å². The van der Waals surface area contributed by atoms with Gasteiger partial charge < -0.3 is 18.9 Å². The molecule has 0 radical (unpaired) electrons. The van der Waals surface area contributed by atoms with Crippen LogP contribution in [-0.4, -0.2) is 31.4 Å². The molecule has 0 aliphatic carbocycles. The second kappa shape index (κ2) is 12.7. The van der Waals surface area contributed by atoms with Gasteiger partial charge in [-0.15, -0.1) is 0 Å². The molecule has 0 fully saturated rings. The first kappa shape index (κ1) is 29.6. The van der Waals surface area contributed by atoms with Crippen molar-refractivity contribution >= 4 is 17.7 Å². The Bertz CT molecular complexity index is 1530. The summed E-state index contributed by atoms with van der Waals surface area (Å²) < 4.78 is 37.0. The average molecular weight is 545 g/mol. The van der Waals surface area contributed by atoms with Crippen LogP contribution in [-0.2, 0) is 14.4 Å². The maximum atomic E-state index is 15.4. The van der Waals surface area contributed by atoms with Gasteiger partial charge in [-0.1, -0.05) is 44.0 Å². The van der Waals surface area contributed by atoms with E-state index >= 15 is 4.39 Å². The van der Waals surface area contributed by atoms with Crippen molar-refractivity contribution in [2.75, 3.05) is 13.7 Å². The molecule has 0 aromatic heterocycles. The highest BCUT2D eigenvalue weighted by Crippen LogP contribution is 2.37. The van der Waals surface area contributed by atoms with E-state index in [1.807, 2.05) is 0 Å². The summed E-state index contributed by atoms with van der Waals surface area (Å²) in [7, 11) is 1.43. The molecule has 40 heavy (non-hydrogen) atoms. The van der Waals surface area contributed by atoms with Crippen LogP contribution >= 0.6 is 0 Å². The van der Waals surface area contributed by atoms with E-state index in [4.69, 9.17) is 18.9 Å². The molecule has 7 nitrogen and oxygen atoms in total. The number of benzene rings is 3. The highest BCUT2D eigenvalue weighted by atomic mass is 19.1. The van der Waals surface area contributed by atoms with Gasteiger partial charge in [0.15, 0.2) is 35.4 Å². The molecule has 0 heterocycles. The molecular formula is C32H29FO7. The lowest BCUT2D eigenvalue weighted by Gasteiger charge is -2.14. The van der Waals surface area contributed by atoms with Gasteiger partial charge in [-0.25, -0.2) is 14.0 Å². The molecule has 0 spiro atoms. The molecule has 0 N–H and O–H groups in total. The number of carbonyl (C=O) groups is 3. The van der Waals surface area contributed by atoms with Crippen molar-refractivity contribution in [1.82, 2.24) is 0 Å². The standard InChI is InChI=1S/C32H29FO7/c1-18(2)26(34)17-38-27-12-10-23(16-30(27)40-32(36)20(5)6)24-11-8-21(14-25(24)33)22-9-13-28(29(15-22)37-7)39-31(35)19(3)4/h8-16H,1,3,5,17H2,2,4,6-7H3. The monoisotopic (exact) mass is 544 g/mol. The molecule has 8 heteroatoms. The molecule has 0 saturated carbocycles. The zero-order chi connectivity index (χ0) is 29.6. The lowest BCUT2D eigenvalue weighted by atomic mass is 9.99. The van der Waals surface area contributed by atoms with E-state index in [1.165, 1.54) is 39.2 Å². The number of ketones is 1. The van der Waals surface area contributed by atoms with Gasteiger partial charge in [0.05, 0.1) is 7.11 Å². The van der Waals surface area contributed by atoms with Crippen LogP contribution in [0.15, 0.2) is 91.1 Å². The number of hydrogen-bond acceptors (Lipinski definition) is 7. The van der Waals surface area contributed by atoms with E-state index in [0.717, 1.165) is 0 Å². The van der Waals surface area contributed by atoms with Gasteiger partial charge in [-0.05, 0) is 73.4 Å². The molecular weight excluding hydrogens is 515 g/mol. The lowest BCUT2D eigenvalue weighted by Crippen LogP contribution is -2.14. The Morgan fingerprint density at radius 2 is 1.20 bits per heavy atom. The van der Waals surface area contributed by atoms with Crippen LogP contribution in [0.5, 0.6) is 23.0 Å². The van der Waals surface area contributed by atoms with E-state index in [1.54, 1.807) is 43.3 Å². The summed E-state index contributed by atoms with van der Waals surface area (Å²) >= 11 is 0. The van der Waals surface area contributed by atoms with E-state index in [0.29, 0.717) is 28.0 Å². The highest BCUT2D eigenvalue weighted by molar-refractivity contribution is 5.95. The first-order valence-corrected chi connectivity index (χ1v) is 12.1. The van der Waals surface area contributed by atoms with Crippen LogP contribution in [0.1, 0.15) is 20.8 Å². The van der Waals surface area contributed by atoms with Crippen molar-refractivity contribution in [3.05, 3.63) is 96.9 Å². The number of esters is 2. The molecule has 0 unspecified atom stereocenters. The summed E-state index contributed by atoms with van der Waals surface area (Å²) in [6.45, 7) is 15.0. The maximum absolute atomic E-state index is 15.4. The number of ether oxygens (including phenoxy) is 4. The summed E-state index contributed by atoms with van der Waals surface area (Å²) in [5, 5.41) is 0. The summed E-state index contributed by atoms with van der Waals surface area (Å²) in [5.74, 6) is -1.51. The second-order valence-corrected chi connectivity index (χ2v) is 9.05. The molecule has 3 rings (SSSR count). The SMILES string of the molecule is C=C(C)C(=O)COc1ccc(-c2ccc(-c3ccc(OC(=O)C(=C)C)c(OC)c3)cc2F)cc1OC(=O)C(=C)C. The Morgan fingerprint density at radius 1 is 0.675 bits per heavy atom. The molecule has 3 aromatic carbocycles. The van der Waals surface area contributed by atoms with Crippen molar-refractivity contribution in [3.63, 3.8) is 0 Å². The number of halogens is 1. The number of hydrogen-bond donors (Lipinski definition) is 0. The van der Waals surface area contributed by atoms with Gasteiger partial charge in [0.2, 0.25) is 0 Å². The van der Waals surface area contributed by atoms with Crippen molar-refractivity contribution < 1.29 is 37.7 Å². The third-order valence-corrected chi connectivity index (χ3v) is 5.66. The van der Waals surface area contributed by atoms with E-state index < -0.39 is 17.8 Å². The van der Waals surface area contributed by atoms with Crippen LogP contribution in [0.4, 0.5) is 4.39 Å². The van der Waals surface area contributed by atoms with Crippen LogP contribution < -0.4 is 18.9 Å². The minimum atomic E-state index is -0.699. The van der Waals surface area contributed by atoms with Crippen LogP contribution in [0.25, 0.3) is 22.3 Å². The summed E-state index contributed by atoms with van der Waals surface area (Å²) in [5.41, 5.74) is 2.53. The topological polar surface area (TPSA) is 88.1 Å². The zero-order valence-corrected chi connectivity index (χ0v) is 22.8. The quantitative estimate of drug-likeness (QED) is 0.152. The van der Waals surface area contributed by atoms with Crippen molar-refractivity contribution in [2.45, 2.75) is 20.8 Å². The number of Topliss-reactive ketones (excluding diaryl/α,β-unsaturated/α-hetero) is 1. The Labute approximate surface area is 232 Å². The molecule has 3 aromatic rings. The minimum Gasteiger partial charge on any atom is -0.493 e. The number of carbonyl (C=O) groups excluding carboxylic acids is 3. The Kier molecular flexibility index (Phi) is 9.40. The van der Waals surface area contributed by atoms with Gasteiger partial charge in [-0.3, -0.25) is 4.79 Å². The Balaban J connectivity index is 1.95. The largest absolute Gasteiger partial charge is 0.493 e. The van der Waals surface area contributed by atoms with Gasteiger partial charge >= 0.3 is 11.9 Å². The third-order valence-electron chi connectivity index (χ3n) is 5.66. The van der Waals surface area contributed by atoms with Crippen LogP contribution in [0.2, 0.25) is 0 Å².